The number of hydrogen-bond donors (Lipinski definition) is 0. The number of pyridine rings is 1. The van der Waals surface area contributed by atoms with Crippen LogP contribution in [0.5, 0.6) is 11.5 Å². The second-order valence-electron chi connectivity index (χ2n) is 6.49. The highest BCUT2D eigenvalue weighted by Gasteiger charge is 2.40. The minimum Gasteiger partial charge on any atom is -0.497 e. The van der Waals surface area contributed by atoms with E-state index in [4.69, 9.17) is 21.1 Å². The summed E-state index contributed by atoms with van der Waals surface area (Å²) in [7, 11) is 3.38. The van der Waals surface area contributed by atoms with Crippen LogP contribution >= 0.6 is 11.6 Å². The fraction of sp³-hybridized carbons (Fsp3) is 0.421. The maximum Gasteiger partial charge on any atom is 0.127 e. The zero-order valence-corrected chi connectivity index (χ0v) is 14.7. The van der Waals surface area contributed by atoms with Crippen LogP contribution in [-0.4, -0.2) is 30.1 Å². The Kier molecular flexibility index (Phi) is 4.10. The highest BCUT2D eigenvalue weighted by atomic mass is 35.5. The monoisotopic (exact) mass is 344 g/mol. The predicted molar refractivity (Wildman–Crippen MR) is 93.8 cm³/mol. The Morgan fingerprint density at radius 1 is 1.21 bits per heavy atom. The molecule has 1 saturated heterocycles. The molecule has 2 aliphatic heterocycles. The summed E-state index contributed by atoms with van der Waals surface area (Å²) < 4.78 is 10.9. The molecule has 4 rings (SSSR count). The van der Waals surface area contributed by atoms with Gasteiger partial charge < -0.3 is 9.47 Å². The Bertz CT molecular complexity index is 765. The lowest BCUT2D eigenvalue weighted by molar-refractivity contribution is 0.164. The fourth-order valence-corrected chi connectivity index (χ4v) is 4.24. The van der Waals surface area contributed by atoms with Crippen LogP contribution in [0.1, 0.15) is 35.7 Å². The van der Waals surface area contributed by atoms with Crippen LogP contribution in [0.3, 0.4) is 0 Å². The van der Waals surface area contributed by atoms with E-state index in [1.54, 1.807) is 20.4 Å². The van der Waals surface area contributed by atoms with Crippen molar-refractivity contribution in [3.63, 3.8) is 0 Å². The van der Waals surface area contributed by atoms with Gasteiger partial charge in [0.15, 0.2) is 0 Å². The molecule has 2 bridgehead atoms. The van der Waals surface area contributed by atoms with Crippen molar-refractivity contribution >= 4 is 11.6 Å². The number of aromatic nitrogens is 1. The largest absolute Gasteiger partial charge is 0.497 e. The highest BCUT2D eigenvalue weighted by Crippen LogP contribution is 2.45. The van der Waals surface area contributed by atoms with Gasteiger partial charge in [-0.25, -0.2) is 0 Å². The van der Waals surface area contributed by atoms with Gasteiger partial charge in [0.25, 0.3) is 0 Å². The number of rotatable bonds is 4. The number of benzene rings is 1. The van der Waals surface area contributed by atoms with Crippen LogP contribution in [0.25, 0.3) is 0 Å². The standard InChI is InChI=1S/C19H21ClN2O2/c1-23-15-5-3-12(19(9-15)24-2)11-22-14-4-6-18(22)16-7-13(20)10-21-17(16)8-14/h3,5,7,9-10,14,18H,4,6,8,11H2,1-2H3. The molecule has 0 spiro atoms. The first-order chi connectivity index (χ1) is 11.7. The average molecular weight is 345 g/mol. The molecule has 0 amide bonds. The van der Waals surface area contributed by atoms with Crippen molar-refractivity contribution in [2.75, 3.05) is 14.2 Å². The first-order valence-corrected chi connectivity index (χ1v) is 8.68. The van der Waals surface area contributed by atoms with Crippen molar-refractivity contribution in [1.29, 1.82) is 0 Å². The Hall–Kier alpha value is -1.78. The van der Waals surface area contributed by atoms with Gasteiger partial charge in [-0.3, -0.25) is 9.88 Å². The van der Waals surface area contributed by atoms with Gasteiger partial charge in [0, 0.05) is 48.6 Å². The van der Waals surface area contributed by atoms with E-state index in [-0.39, 0.29) is 0 Å². The van der Waals surface area contributed by atoms with E-state index in [0.29, 0.717) is 12.1 Å². The minimum absolute atomic E-state index is 0.400. The molecule has 0 N–H and O–H groups in total. The third-order valence-corrected chi connectivity index (χ3v) is 5.45. The summed E-state index contributed by atoms with van der Waals surface area (Å²) in [5.41, 5.74) is 3.70. The zero-order chi connectivity index (χ0) is 16.7. The van der Waals surface area contributed by atoms with Gasteiger partial charge in [0.1, 0.15) is 11.5 Å². The Balaban J connectivity index is 1.64. The summed E-state index contributed by atoms with van der Waals surface area (Å²) in [4.78, 5) is 7.13. The van der Waals surface area contributed by atoms with Crippen LogP contribution in [-0.2, 0) is 13.0 Å². The van der Waals surface area contributed by atoms with Crippen molar-refractivity contribution in [3.05, 3.63) is 52.3 Å². The van der Waals surface area contributed by atoms with Crippen molar-refractivity contribution < 1.29 is 9.47 Å². The van der Waals surface area contributed by atoms with Gasteiger partial charge in [-0.15, -0.1) is 0 Å². The molecule has 126 valence electrons. The molecule has 2 unspecified atom stereocenters. The van der Waals surface area contributed by atoms with Gasteiger partial charge in [-0.1, -0.05) is 17.7 Å². The summed E-state index contributed by atoms with van der Waals surface area (Å²) in [5, 5.41) is 0.723. The van der Waals surface area contributed by atoms with E-state index in [2.05, 4.69) is 22.0 Å². The second kappa shape index (κ2) is 6.26. The minimum atomic E-state index is 0.400. The molecule has 1 fully saturated rings. The van der Waals surface area contributed by atoms with E-state index in [1.807, 2.05) is 12.1 Å². The molecule has 0 aliphatic carbocycles. The van der Waals surface area contributed by atoms with Crippen LogP contribution in [0.2, 0.25) is 5.02 Å². The van der Waals surface area contributed by atoms with Gasteiger partial charge in [-0.05, 0) is 30.5 Å². The number of methoxy groups -OCH3 is 2. The first kappa shape index (κ1) is 15.7. The smallest absolute Gasteiger partial charge is 0.127 e. The molecule has 1 aromatic heterocycles. The Morgan fingerprint density at radius 3 is 2.88 bits per heavy atom. The maximum absolute atomic E-state index is 6.19. The third kappa shape index (κ3) is 2.64. The van der Waals surface area contributed by atoms with Crippen LogP contribution in [0.15, 0.2) is 30.5 Å². The second-order valence-corrected chi connectivity index (χ2v) is 6.93. The number of nitrogens with zero attached hydrogens (tertiary/aromatic N) is 2. The third-order valence-electron chi connectivity index (χ3n) is 5.25. The molecule has 2 aliphatic rings. The van der Waals surface area contributed by atoms with E-state index in [0.717, 1.165) is 35.9 Å². The summed E-state index contributed by atoms with van der Waals surface area (Å²) >= 11 is 6.19. The summed E-state index contributed by atoms with van der Waals surface area (Å²) in [6.45, 7) is 0.869. The lowest BCUT2D eigenvalue weighted by Crippen LogP contribution is -2.37. The van der Waals surface area contributed by atoms with Crippen molar-refractivity contribution in [3.8, 4) is 11.5 Å². The maximum atomic E-state index is 6.19. The predicted octanol–water partition coefficient (Wildman–Crippen LogP) is 4.01. The normalized spacial score (nSPS) is 22.3. The summed E-state index contributed by atoms with van der Waals surface area (Å²) in [6.07, 6.45) is 5.14. The molecule has 2 aromatic rings. The fourth-order valence-electron chi connectivity index (χ4n) is 4.07. The van der Waals surface area contributed by atoms with Crippen molar-refractivity contribution in [2.24, 2.45) is 0 Å². The lowest BCUT2D eigenvalue weighted by atomic mass is 9.97. The van der Waals surface area contributed by atoms with Gasteiger partial charge in [0.05, 0.1) is 19.2 Å². The molecular formula is C19H21ClN2O2. The van der Waals surface area contributed by atoms with Crippen LogP contribution in [0.4, 0.5) is 0 Å². The molecule has 5 heteroatoms. The van der Waals surface area contributed by atoms with E-state index < -0.39 is 0 Å². The Labute approximate surface area is 147 Å². The van der Waals surface area contributed by atoms with E-state index in [1.165, 1.54) is 23.2 Å². The molecule has 2 atom stereocenters. The molecule has 3 heterocycles. The van der Waals surface area contributed by atoms with Gasteiger partial charge in [-0.2, -0.15) is 0 Å². The number of hydrogen-bond acceptors (Lipinski definition) is 4. The lowest BCUT2D eigenvalue weighted by Gasteiger charge is -2.36. The van der Waals surface area contributed by atoms with Gasteiger partial charge >= 0.3 is 0 Å². The number of fused-ring (bicyclic) bond motifs is 4. The highest BCUT2D eigenvalue weighted by molar-refractivity contribution is 6.30. The zero-order valence-electron chi connectivity index (χ0n) is 14.0. The number of ether oxygens (including phenoxy) is 2. The first-order valence-electron chi connectivity index (χ1n) is 8.30. The SMILES string of the molecule is COc1ccc(CN2C3CCC2c2cc(Cl)cnc2C3)c(OC)c1. The Morgan fingerprint density at radius 2 is 2.08 bits per heavy atom. The summed E-state index contributed by atoms with van der Waals surface area (Å²) in [5.74, 6) is 1.70. The van der Waals surface area contributed by atoms with E-state index >= 15 is 0 Å². The molecule has 4 nitrogen and oxygen atoms in total. The number of halogens is 1. The quantitative estimate of drug-likeness (QED) is 0.839. The molecule has 24 heavy (non-hydrogen) atoms. The van der Waals surface area contributed by atoms with Crippen LogP contribution < -0.4 is 9.47 Å². The van der Waals surface area contributed by atoms with Crippen LogP contribution in [0, 0.1) is 0 Å². The van der Waals surface area contributed by atoms with Crippen molar-refractivity contribution in [2.45, 2.75) is 37.9 Å². The summed E-state index contributed by atoms with van der Waals surface area (Å²) in [6, 6.07) is 9.08. The van der Waals surface area contributed by atoms with E-state index in [9.17, 15) is 0 Å². The molecular weight excluding hydrogens is 324 g/mol. The average Bonchev–Trinajstić information content (AvgIpc) is 2.88. The molecule has 0 radical (unpaired) electrons. The molecule has 0 saturated carbocycles. The topological polar surface area (TPSA) is 34.6 Å². The van der Waals surface area contributed by atoms with Gasteiger partial charge in [0.2, 0.25) is 0 Å². The molecule has 1 aromatic carbocycles. The van der Waals surface area contributed by atoms with Crippen molar-refractivity contribution in [1.82, 2.24) is 9.88 Å².